The summed E-state index contributed by atoms with van der Waals surface area (Å²) < 4.78 is 34.0. The van der Waals surface area contributed by atoms with Gasteiger partial charge in [-0.3, -0.25) is 9.59 Å². The van der Waals surface area contributed by atoms with E-state index in [0.29, 0.717) is 0 Å². The fourth-order valence-corrected chi connectivity index (χ4v) is 2.58. The molecule has 14 nitrogen and oxygen atoms in total. The molecule has 4 rings (SSSR count). The molecular weight excluding hydrogens is 709 g/mol. The van der Waals surface area contributed by atoms with Crippen LogP contribution >= 0.6 is 0 Å². The minimum Gasteiger partial charge on any atom is -0.876 e. The molecule has 245 valence electrons. The Hall–Kier alpha value is -4.63. The average Bonchev–Trinajstić information content (AvgIpc) is 2.94. The average molecular weight is 741 g/mol. The summed E-state index contributed by atoms with van der Waals surface area (Å²) >= 11 is 0. The molecule has 0 amide bonds. The van der Waals surface area contributed by atoms with Crippen LogP contribution in [0.1, 0.15) is 27.7 Å². The molecule has 1 radical (unpaired) electrons. The summed E-state index contributed by atoms with van der Waals surface area (Å²) in [6, 6.07) is 22.8. The topological polar surface area (TPSA) is 248 Å². The molecule has 2 N–H and O–H groups in total. The van der Waals surface area contributed by atoms with Gasteiger partial charge in [0.2, 0.25) is 0 Å². The summed E-state index contributed by atoms with van der Waals surface area (Å²) in [4.78, 5) is 36.4. The molecule has 0 saturated carbocycles. The van der Waals surface area contributed by atoms with E-state index in [0.717, 1.165) is 35.4 Å². The number of aromatic nitrogens is 4. The standard InChI is InChI=1S/2C10H9N3.2C5H8O2.ClHO4.Ru/c2*1-3-7-11-9(5-1)13-10-6-2-4-8-12-10;2*1-4(6)3-5(2)7;2-1(3,4)5;/h2*1-8H,(H,11,12,13);2*3,6H,1-2H3;(H,2,3,4,5);/q;;;;;+3/p-3/b;;2*4-3-;;. The summed E-state index contributed by atoms with van der Waals surface area (Å²) in [5.74, 6) is 2.48. The molecule has 0 unspecified atom stereocenters. The normalized spacial score (nSPS) is 10.2. The first-order valence-electron chi connectivity index (χ1n) is 12.7. The number of anilines is 4. The molecule has 0 bridgehead atoms. The Morgan fingerprint density at radius 3 is 0.870 bits per heavy atom. The van der Waals surface area contributed by atoms with E-state index in [9.17, 15) is 19.8 Å². The van der Waals surface area contributed by atoms with Gasteiger partial charge in [-0.2, -0.15) is 0 Å². The van der Waals surface area contributed by atoms with Gasteiger partial charge in [0.25, 0.3) is 0 Å². The van der Waals surface area contributed by atoms with Crippen LogP contribution < -0.4 is 39.5 Å². The Morgan fingerprint density at radius 1 is 0.543 bits per heavy atom. The van der Waals surface area contributed by atoms with Gasteiger partial charge in [0.15, 0.2) is 11.6 Å². The fraction of sp³-hybridized carbons (Fsp3) is 0.133. The summed E-state index contributed by atoms with van der Waals surface area (Å²) in [5, 5.41) is 26.1. The van der Waals surface area contributed by atoms with Crippen molar-refractivity contribution >= 4 is 34.8 Å². The number of carbonyl (C=O) groups excluding carboxylic acids is 2. The summed E-state index contributed by atoms with van der Waals surface area (Å²) in [6.45, 7) is 5.39. The number of rotatable bonds is 6. The number of allylic oxidation sites excluding steroid dienone is 4. The van der Waals surface area contributed by atoms with Gasteiger partial charge in [-0.05, 0) is 74.5 Å². The minimum absolute atomic E-state index is 0. The third kappa shape index (κ3) is 30.8. The van der Waals surface area contributed by atoms with Gasteiger partial charge < -0.3 is 20.8 Å². The van der Waals surface area contributed by atoms with Crippen LogP contribution in [0.4, 0.5) is 23.3 Å². The Bertz CT molecular complexity index is 1240. The number of pyridine rings is 4. The Kier molecular flexibility index (Phi) is 24.3. The van der Waals surface area contributed by atoms with Crippen molar-refractivity contribution in [3.05, 3.63) is 121 Å². The first-order valence-corrected chi connectivity index (χ1v) is 13.9. The number of halogens is 1. The second-order valence-corrected chi connectivity index (χ2v) is 8.98. The van der Waals surface area contributed by atoms with E-state index in [1.165, 1.54) is 27.7 Å². The van der Waals surface area contributed by atoms with Gasteiger partial charge in [-0.1, -0.05) is 38.1 Å². The molecule has 0 spiro atoms. The molecule has 4 heterocycles. The van der Waals surface area contributed by atoms with Crippen molar-refractivity contribution in [2.75, 3.05) is 10.6 Å². The van der Waals surface area contributed by atoms with Crippen LogP contribution in [-0.4, -0.2) is 31.5 Å². The van der Waals surface area contributed by atoms with Gasteiger partial charge in [0.1, 0.15) is 23.3 Å². The number of nitrogens with zero attached hydrogens (tertiary/aromatic N) is 4. The molecule has 16 heteroatoms. The van der Waals surface area contributed by atoms with Crippen LogP contribution in [0, 0.1) is 10.2 Å². The molecule has 0 saturated heterocycles. The monoisotopic (exact) mass is 741 g/mol. The zero-order chi connectivity index (χ0) is 34.1. The molecule has 4 aromatic heterocycles. The van der Waals surface area contributed by atoms with Gasteiger partial charge >= 0.3 is 19.5 Å². The molecule has 0 fully saturated rings. The second kappa shape index (κ2) is 25.7. The Morgan fingerprint density at radius 2 is 0.761 bits per heavy atom. The first kappa shape index (κ1) is 43.5. The SMILES string of the molecule is CC(=O)/C=C(/C)[O-].CC(=O)/C=C(/C)[O-].[O-][Cl+3]([O-])([O-])[O-].[Ru+3].c1ccc(Nc2ccccn2)nc1.c1ccc(Nc2ccccn2)nc1. The number of nitrogens with one attached hydrogen (secondary N) is 2. The maximum atomic E-state index is 9.98. The van der Waals surface area contributed by atoms with Crippen molar-refractivity contribution < 1.29 is 68.2 Å². The van der Waals surface area contributed by atoms with E-state index < -0.39 is 10.2 Å². The predicted octanol–water partition coefficient (Wildman–Crippen LogP) is -0.639. The fourth-order valence-electron chi connectivity index (χ4n) is 2.58. The van der Waals surface area contributed by atoms with E-state index in [1.807, 2.05) is 72.8 Å². The minimum atomic E-state index is -4.94. The number of ketones is 2. The molecule has 0 atom stereocenters. The molecular formula is C30H32ClN6O8Ru. The Labute approximate surface area is 281 Å². The third-order valence-electron chi connectivity index (χ3n) is 3.98. The Balaban J connectivity index is 0. The van der Waals surface area contributed by atoms with Crippen LogP contribution in [0.3, 0.4) is 0 Å². The van der Waals surface area contributed by atoms with E-state index >= 15 is 0 Å². The van der Waals surface area contributed by atoms with Crippen molar-refractivity contribution in [2.45, 2.75) is 27.7 Å². The van der Waals surface area contributed by atoms with Crippen LogP contribution in [0.5, 0.6) is 0 Å². The van der Waals surface area contributed by atoms with E-state index in [2.05, 4.69) is 30.6 Å². The smallest absolute Gasteiger partial charge is 0.876 e. The van der Waals surface area contributed by atoms with Gasteiger partial charge in [-0.25, -0.2) is 38.6 Å². The van der Waals surface area contributed by atoms with Crippen molar-refractivity contribution in [1.82, 2.24) is 19.9 Å². The van der Waals surface area contributed by atoms with Crippen molar-refractivity contribution in [2.24, 2.45) is 0 Å². The zero-order valence-electron chi connectivity index (χ0n) is 25.2. The van der Waals surface area contributed by atoms with Gasteiger partial charge in [0, 0.05) is 24.8 Å². The van der Waals surface area contributed by atoms with Gasteiger partial charge in [0.05, 0.1) is 0 Å². The summed E-state index contributed by atoms with van der Waals surface area (Å²) in [6.07, 6.45) is 9.08. The molecule has 46 heavy (non-hydrogen) atoms. The zero-order valence-corrected chi connectivity index (χ0v) is 27.7. The van der Waals surface area contributed by atoms with Crippen LogP contribution in [0.2, 0.25) is 0 Å². The maximum absolute atomic E-state index is 9.98. The predicted molar refractivity (Wildman–Crippen MR) is 152 cm³/mol. The van der Waals surface area contributed by atoms with Crippen molar-refractivity contribution in [3.63, 3.8) is 0 Å². The summed E-state index contributed by atoms with van der Waals surface area (Å²) in [5.41, 5.74) is 0. The van der Waals surface area contributed by atoms with E-state index in [-0.39, 0.29) is 42.6 Å². The molecule has 0 aliphatic rings. The third-order valence-corrected chi connectivity index (χ3v) is 3.98. The van der Waals surface area contributed by atoms with E-state index in [4.69, 9.17) is 18.6 Å². The van der Waals surface area contributed by atoms with Gasteiger partial charge in [-0.15, -0.1) is 21.8 Å². The largest absolute Gasteiger partial charge is 3.00 e. The van der Waals surface area contributed by atoms with E-state index in [1.54, 1.807) is 24.8 Å². The molecule has 0 aromatic carbocycles. The van der Waals surface area contributed by atoms with Crippen LogP contribution in [0.15, 0.2) is 121 Å². The summed E-state index contributed by atoms with van der Waals surface area (Å²) in [7, 11) is -4.94. The maximum Gasteiger partial charge on any atom is 3.00 e. The second-order valence-electron chi connectivity index (χ2n) is 8.22. The molecule has 4 aromatic rings. The van der Waals surface area contributed by atoms with Crippen LogP contribution in [-0.2, 0) is 29.1 Å². The van der Waals surface area contributed by atoms with Crippen molar-refractivity contribution in [3.8, 4) is 0 Å². The van der Waals surface area contributed by atoms with Crippen molar-refractivity contribution in [1.29, 1.82) is 0 Å². The number of carbonyl (C=O) groups is 2. The number of hydrogen-bond donors (Lipinski definition) is 2. The quantitative estimate of drug-likeness (QED) is 0.142. The number of hydrogen-bond acceptors (Lipinski definition) is 14. The molecule has 0 aliphatic carbocycles. The first-order chi connectivity index (χ1) is 21.2. The van der Waals surface area contributed by atoms with Crippen LogP contribution in [0.25, 0.3) is 0 Å². The molecule has 0 aliphatic heterocycles.